The number of halogens is 1. The van der Waals surface area contributed by atoms with Crippen molar-refractivity contribution in [1.82, 2.24) is 0 Å². The molecule has 0 radical (unpaired) electrons. The molecule has 0 atom stereocenters. The van der Waals surface area contributed by atoms with E-state index in [-0.39, 0.29) is 12.1 Å². The van der Waals surface area contributed by atoms with Gasteiger partial charge in [-0.05, 0) is 26.7 Å². The normalized spacial score (nSPS) is 12.5. The molecule has 0 heterocycles. The van der Waals surface area contributed by atoms with E-state index in [1.165, 1.54) is 0 Å². The Labute approximate surface area is 110 Å². The van der Waals surface area contributed by atoms with E-state index in [1.807, 2.05) is 0 Å². The molecule has 0 fully saturated rings. The molecule has 0 aliphatic heterocycles. The van der Waals surface area contributed by atoms with Crippen molar-refractivity contribution in [2.75, 3.05) is 12.8 Å². The number of unbranched alkanes of at least 4 members (excludes halogenated alkanes) is 3. The lowest BCUT2D eigenvalue weighted by Gasteiger charge is -2.14. The number of hydrogen-bond acceptors (Lipinski definition) is 3. The van der Waals surface area contributed by atoms with E-state index in [1.54, 1.807) is 13.8 Å². The summed E-state index contributed by atoms with van der Waals surface area (Å²) >= 11 is 3.20. The lowest BCUT2D eigenvalue weighted by atomic mass is 10.2. The van der Waals surface area contributed by atoms with Crippen molar-refractivity contribution in [2.45, 2.75) is 43.9 Å². The smallest absolute Gasteiger partial charge is 0.325 e. The highest BCUT2D eigenvalue weighted by Crippen LogP contribution is 2.35. The van der Waals surface area contributed by atoms with Crippen molar-refractivity contribution >= 4 is 29.5 Å². The van der Waals surface area contributed by atoms with Gasteiger partial charge >= 0.3 is 13.6 Å². The number of alkyl halides is 1. The van der Waals surface area contributed by atoms with Gasteiger partial charge in [0, 0.05) is 6.16 Å². The number of esters is 1. The van der Waals surface area contributed by atoms with Crippen LogP contribution in [0.25, 0.3) is 0 Å². The number of carbonyl (C=O) groups is 1. The fourth-order valence-corrected chi connectivity index (χ4v) is 1.86. The standard InChI is InChI=1S/C10H20BrO5P/c1-10(2,11)9(12)16-7-5-3-4-6-8-17(13,14)15/h3-8H2,1-2H3,(H2,13,14,15). The van der Waals surface area contributed by atoms with Gasteiger partial charge in [-0.15, -0.1) is 0 Å². The van der Waals surface area contributed by atoms with Crippen LogP contribution in [0.4, 0.5) is 0 Å². The van der Waals surface area contributed by atoms with Crippen LogP contribution in [0.15, 0.2) is 0 Å². The Morgan fingerprint density at radius 3 is 2.24 bits per heavy atom. The van der Waals surface area contributed by atoms with Crippen molar-refractivity contribution in [2.24, 2.45) is 0 Å². The van der Waals surface area contributed by atoms with Crippen molar-refractivity contribution in [3.05, 3.63) is 0 Å². The summed E-state index contributed by atoms with van der Waals surface area (Å²) in [6.45, 7) is 3.79. The summed E-state index contributed by atoms with van der Waals surface area (Å²) in [5, 5.41) is 0. The number of hydrogen-bond donors (Lipinski definition) is 2. The van der Waals surface area contributed by atoms with Crippen LogP contribution in [0.2, 0.25) is 0 Å². The number of rotatable bonds is 8. The second kappa shape index (κ2) is 7.52. The van der Waals surface area contributed by atoms with Crippen LogP contribution >= 0.6 is 23.5 Å². The Morgan fingerprint density at radius 2 is 1.76 bits per heavy atom. The summed E-state index contributed by atoms with van der Waals surface area (Å²) in [6.07, 6.45) is 2.69. The molecule has 0 aliphatic rings. The molecular weight excluding hydrogens is 311 g/mol. The summed E-state index contributed by atoms with van der Waals surface area (Å²) < 4.78 is 14.9. The zero-order valence-electron chi connectivity index (χ0n) is 10.2. The Kier molecular flexibility index (Phi) is 7.56. The molecule has 0 aromatic rings. The molecule has 0 rings (SSSR count). The van der Waals surface area contributed by atoms with Crippen LogP contribution < -0.4 is 0 Å². The van der Waals surface area contributed by atoms with Gasteiger partial charge in [0.25, 0.3) is 0 Å². The molecule has 102 valence electrons. The number of ether oxygens (including phenoxy) is 1. The molecule has 0 aliphatic carbocycles. The first kappa shape index (κ1) is 17.1. The molecule has 0 spiro atoms. The maximum Gasteiger partial charge on any atom is 0.325 e. The summed E-state index contributed by atoms with van der Waals surface area (Å²) in [7, 11) is -3.85. The van der Waals surface area contributed by atoms with Crippen LogP contribution in [0, 0.1) is 0 Å². The fourth-order valence-electron chi connectivity index (χ4n) is 1.11. The first-order valence-corrected chi connectivity index (χ1v) is 8.13. The monoisotopic (exact) mass is 330 g/mol. The summed E-state index contributed by atoms with van der Waals surface area (Å²) in [5.41, 5.74) is 0. The summed E-state index contributed by atoms with van der Waals surface area (Å²) in [4.78, 5) is 28.6. The van der Waals surface area contributed by atoms with Crippen LogP contribution in [0.3, 0.4) is 0 Å². The van der Waals surface area contributed by atoms with E-state index >= 15 is 0 Å². The molecule has 0 bridgehead atoms. The van der Waals surface area contributed by atoms with Gasteiger partial charge in [0.15, 0.2) is 0 Å². The minimum absolute atomic E-state index is 0.0682. The molecule has 5 nitrogen and oxygen atoms in total. The molecule has 0 saturated carbocycles. The van der Waals surface area contributed by atoms with Gasteiger partial charge in [-0.3, -0.25) is 9.36 Å². The minimum atomic E-state index is -3.85. The molecule has 0 amide bonds. The Balaban J connectivity index is 3.42. The summed E-state index contributed by atoms with van der Waals surface area (Å²) in [5.74, 6) is -0.298. The second-order valence-electron chi connectivity index (χ2n) is 4.41. The van der Waals surface area contributed by atoms with Crippen LogP contribution in [0.5, 0.6) is 0 Å². The number of carbonyl (C=O) groups excluding carboxylic acids is 1. The predicted octanol–water partition coefficient (Wildman–Crippen LogP) is 2.44. The van der Waals surface area contributed by atoms with Gasteiger partial charge in [0.05, 0.1) is 6.61 Å². The Morgan fingerprint density at radius 1 is 1.24 bits per heavy atom. The van der Waals surface area contributed by atoms with E-state index in [2.05, 4.69) is 15.9 Å². The highest BCUT2D eigenvalue weighted by atomic mass is 79.9. The van der Waals surface area contributed by atoms with Gasteiger partial charge in [0.2, 0.25) is 0 Å². The SMILES string of the molecule is CC(C)(Br)C(=O)OCCCCCCP(=O)(O)O. The topological polar surface area (TPSA) is 83.8 Å². The van der Waals surface area contributed by atoms with Crippen LogP contribution in [0.1, 0.15) is 39.5 Å². The molecular formula is C10H20BrO5P. The second-order valence-corrected chi connectivity index (χ2v) is 8.17. The third-order valence-corrected chi connectivity index (χ3v) is 3.28. The highest BCUT2D eigenvalue weighted by molar-refractivity contribution is 9.10. The van der Waals surface area contributed by atoms with Gasteiger partial charge in [-0.25, -0.2) is 0 Å². The summed E-state index contributed by atoms with van der Waals surface area (Å²) in [6, 6.07) is 0. The quantitative estimate of drug-likeness (QED) is 0.309. The van der Waals surface area contributed by atoms with E-state index in [4.69, 9.17) is 14.5 Å². The molecule has 7 heteroatoms. The van der Waals surface area contributed by atoms with Gasteiger partial charge in [-0.2, -0.15) is 0 Å². The molecule has 17 heavy (non-hydrogen) atoms. The third-order valence-electron chi connectivity index (χ3n) is 2.06. The van der Waals surface area contributed by atoms with E-state index < -0.39 is 11.9 Å². The maximum absolute atomic E-state index is 11.3. The molecule has 0 saturated heterocycles. The van der Waals surface area contributed by atoms with Crippen molar-refractivity contribution < 1.29 is 23.9 Å². The first-order chi connectivity index (χ1) is 7.63. The fraction of sp³-hybridized carbons (Fsp3) is 0.900. The van der Waals surface area contributed by atoms with E-state index in [0.29, 0.717) is 13.0 Å². The minimum Gasteiger partial charge on any atom is -0.465 e. The van der Waals surface area contributed by atoms with Crippen molar-refractivity contribution in [1.29, 1.82) is 0 Å². The highest BCUT2D eigenvalue weighted by Gasteiger charge is 2.24. The zero-order chi connectivity index (χ0) is 13.5. The molecule has 0 aromatic carbocycles. The van der Waals surface area contributed by atoms with Gasteiger partial charge in [-0.1, -0.05) is 28.8 Å². The zero-order valence-corrected chi connectivity index (χ0v) is 12.7. The predicted molar refractivity (Wildman–Crippen MR) is 69.3 cm³/mol. The van der Waals surface area contributed by atoms with Crippen LogP contribution in [-0.2, 0) is 14.1 Å². The Hall–Kier alpha value is 0.1000. The lowest BCUT2D eigenvalue weighted by Crippen LogP contribution is -2.26. The Bertz CT molecular complexity index is 281. The molecule has 0 unspecified atom stereocenters. The van der Waals surface area contributed by atoms with E-state index in [9.17, 15) is 9.36 Å². The van der Waals surface area contributed by atoms with Crippen molar-refractivity contribution in [3.63, 3.8) is 0 Å². The van der Waals surface area contributed by atoms with Gasteiger partial charge < -0.3 is 14.5 Å². The largest absolute Gasteiger partial charge is 0.465 e. The average molecular weight is 331 g/mol. The molecule has 2 N–H and O–H groups in total. The lowest BCUT2D eigenvalue weighted by molar-refractivity contribution is -0.145. The van der Waals surface area contributed by atoms with E-state index in [0.717, 1.165) is 19.3 Å². The maximum atomic E-state index is 11.3. The van der Waals surface area contributed by atoms with Gasteiger partial charge in [0.1, 0.15) is 4.32 Å². The third kappa shape index (κ3) is 10.9. The molecule has 0 aromatic heterocycles. The first-order valence-electron chi connectivity index (χ1n) is 5.53. The van der Waals surface area contributed by atoms with Crippen LogP contribution in [-0.4, -0.2) is 32.8 Å². The average Bonchev–Trinajstić information content (AvgIpc) is 2.12. The van der Waals surface area contributed by atoms with Crippen molar-refractivity contribution in [3.8, 4) is 0 Å².